The molecule has 0 radical (unpaired) electrons. The van der Waals surface area contributed by atoms with Gasteiger partial charge in [-0.1, -0.05) is 51.5 Å². The monoisotopic (exact) mass is 204 g/mol. The van der Waals surface area contributed by atoms with E-state index in [9.17, 15) is 0 Å². The molecular weight excluding hydrogens is 181 g/mol. The molecule has 4 heteroatoms. The van der Waals surface area contributed by atoms with Gasteiger partial charge in [-0.15, -0.1) is 0 Å². The third-order valence-corrected chi connectivity index (χ3v) is 2.41. The van der Waals surface area contributed by atoms with Crippen LogP contribution in [-0.2, 0) is 0 Å². The van der Waals surface area contributed by atoms with E-state index in [4.69, 9.17) is 0 Å². The second-order valence-electron chi connectivity index (χ2n) is 2.77. The fraction of sp³-hybridized carbons (Fsp3) is 1.00. The number of unbranched alkanes of at least 4 members (excludes halogenated alkanes) is 5. The van der Waals surface area contributed by atoms with Crippen LogP contribution in [0.15, 0.2) is 0 Å². The standard InChI is InChI=1S/C8H20Si.3FH/c1-2-3-4-5-6-7-8-9;;;/h2-8H2,1,9H3;3*1H. The third-order valence-electron chi connectivity index (χ3n) is 1.71. The molecule has 0 aromatic carbocycles. The smallest absolute Gasteiger partial charge is 0.00279 e. The van der Waals surface area contributed by atoms with Crippen LogP contribution in [-0.4, -0.2) is 10.2 Å². The molecule has 0 bridgehead atoms. The molecule has 0 fully saturated rings. The van der Waals surface area contributed by atoms with Gasteiger partial charge in [-0.2, -0.15) is 0 Å². The van der Waals surface area contributed by atoms with Crippen LogP contribution < -0.4 is 0 Å². The number of hydrogen-bond acceptors (Lipinski definition) is 0. The lowest BCUT2D eigenvalue weighted by Gasteiger charge is -1.96. The Balaban J connectivity index is -0.000000107. The van der Waals surface area contributed by atoms with Crippen molar-refractivity contribution in [3.05, 3.63) is 0 Å². The van der Waals surface area contributed by atoms with E-state index in [1.54, 1.807) is 0 Å². The van der Waals surface area contributed by atoms with Crippen LogP contribution in [0.1, 0.15) is 45.4 Å². The van der Waals surface area contributed by atoms with Gasteiger partial charge in [-0.3, -0.25) is 14.1 Å². The Bertz CT molecular complexity index is 47.6. The highest BCUT2D eigenvalue weighted by atomic mass is 28.1. The van der Waals surface area contributed by atoms with Gasteiger partial charge < -0.3 is 0 Å². The maximum atomic E-state index is 2.27. The van der Waals surface area contributed by atoms with Crippen LogP contribution in [0.2, 0.25) is 6.04 Å². The molecule has 0 amide bonds. The van der Waals surface area contributed by atoms with Crippen molar-refractivity contribution in [2.45, 2.75) is 51.5 Å². The molecule has 0 nitrogen and oxygen atoms in total. The lowest BCUT2D eigenvalue weighted by atomic mass is 10.1. The molecule has 0 rings (SSSR count). The molecule has 80 valence electrons. The van der Waals surface area contributed by atoms with Crippen molar-refractivity contribution in [1.29, 1.82) is 0 Å². The quantitative estimate of drug-likeness (QED) is 0.461. The summed E-state index contributed by atoms with van der Waals surface area (Å²) in [6, 6.07) is 1.51. The Morgan fingerprint density at radius 2 is 1.17 bits per heavy atom. The first-order valence-corrected chi connectivity index (χ1v) is 5.83. The van der Waals surface area contributed by atoms with Gasteiger partial charge in [0.2, 0.25) is 0 Å². The Morgan fingerprint density at radius 1 is 0.750 bits per heavy atom. The zero-order valence-electron chi connectivity index (χ0n) is 8.17. The molecule has 0 aliphatic rings. The Hall–Kier alpha value is 0.00688. The zero-order valence-corrected chi connectivity index (χ0v) is 10.2. The molecule has 0 saturated heterocycles. The van der Waals surface area contributed by atoms with E-state index in [-0.39, 0.29) is 14.1 Å². The summed E-state index contributed by atoms with van der Waals surface area (Å²) in [7, 11) is 1.41. The summed E-state index contributed by atoms with van der Waals surface area (Å²) in [6.07, 6.45) is 8.76. The van der Waals surface area contributed by atoms with Gasteiger partial charge in [0, 0.05) is 10.2 Å². The van der Waals surface area contributed by atoms with Crippen molar-refractivity contribution < 1.29 is 14.1 Å². The molecule has 12 heavy (non-hydrogen) atoms. The maximum Gasteiger partial charge on any atom is 0.00279 e. The van der Waals surface area contributed by atoms with E-state index in [1.807, 2.05) is 0 Å². The van der Waals surface area contributed by atoms with Crippen LogP contribution in [0.25, 0.3) is 0 Å². The largest absolute Gasteiger partial charge is 0.269 e. The van der Waals surface area contributed by atoms with E-state index in [1.165, 1.54) is 54.8 Å². The molecule has 0 heterocycles. The zero-order chi connectivity index (χ0) is 6.95. The van der Waals surface area contributed by atoms with Gasteiger partial charge in [0.25, 0.3) is 0 Å². The molecule has 0 saturated carbocycles. The second kappa shape index (κ2) is 22.4. The lowest BCUT2D eigenvalue weighted by Crippen LogP contribution is -1.77. The van der Waals surface area contributed by atoms with Crippen molar-refractivity contribution in [2.24, 2.45) is 0 Å². The highest BCUT2D eigenvalue weighted by molar-refractivity contribution is 6.08. The van der Waals surface area contributed by atoms with E-state index in [2.05, 4.69) is 6.92 Å². The normalized spacial score (nSPS) is 7.75. The number of rotatable bonds is 6. The van der Waals surface area contributed by atoms with Crippen molar-refractivity contribution in [3.8, 4) is 0 Å². The molecule has 0 aromatic heterocycles. The van der Waals surface area contributed by atoms with Gasteiger partial charge in [-0.25, -0.2) is 0 Å². The maximum absolute atomic E-state index is 2.27. The van der Waals surface area contributed by atoms with Crippen molar-refractivity contribution in [1.82, 2.24) is 0 Å². The van der Waals surface area contributed by atoms with Crippen LogP contribution >= 0.6 is 0 Å². The van der Waals surface area contributed by atoms with Crippen molar-refractivity contribution in [2.75, 3.05) is 0 Å². The topological polar surface area (TPSA) is 0 Å². The first-order valence-electron chi connectivity index (χ1n) is 4.41. The molecule has 0 unspecified atom stereocenters. The summed E-state index contributed by atoms with van der Waals surface area (Å²) in [5.74, 6) is 0. The van der Waals surface area contributed by atoms with Gasteiger partial charge in [0.15, 0.2) is 0 Å². The van der Waals surface area contributed by atoms with Gasteiger partial charge in [0.05, 0.1) is 0 Å². The average molecular weight is 204 g/mol. The Morgan fingerprint density at radius 3 is 1.58 bits per heavy atom. The Kier molecular flexibility index (Phi) is 42.4. The van der Waals surface area contributed by atoms with E-state index >= 15 is 0 Å². The first kappa shape index (κ1) is 22.7. The first-order chi connectivity index (χ1) is 4.41. The minimum atomic E-state index is 0. The number of hydrogen-bond donors (Lipinski definition) is 0. The summed E-state index contributed by atoms with van der Waals surface area (Å²) in [6.45, 7) is 2.27. The van der Waals surface area contributed by atoms with Gasteiger partial charge >= 0.3 is 0 Å². The highest BCUT2D eigenvalue weighted by Crippen LogP contribution is 2.05. The molecule has 0 atom stereocenters. The van der Waals surface area contributed by atoms with Crippen LogP contribution in [0.4, 0.5) is 14.1 Å². The SMILES string of the molecule is CCCCCCCC[SiH3].F.F.F. The van der Waals surface area contributed by atoms with Crippen LogP contribution in [0.5, 0.6) is 0 Å². The van der Waals surface area contributed by atoms with Crippen molar-refractivity contribution in [3.63, 3.8) is 0 Å². The third kappa shape index (κ3) is 22.5. The van der Waals surface area contributed by atoms with Gasteiger partial charge in [0.1, 0.15) is 0 Å². The molecule has 0 aromatic rings. The molecule has 0 aliphatic carbocycles. The second-order valence-corrected chi connectivity index (χ2v) is 3.77. The summed E-state index contributed by atoms with van der Waals surface area (Å²) in [5.41, 5.74) is 0. The predicted molar refractivity (Wildman–Crippen MR) is 55.6 cm³/mol. The van der Waals surface area contributed by atoms with E-state index in [0.717, 1.165) is 0 Å². The highest BCUT2D eigenvalue weighted by Gasteiger charge is 1.85. The molecule has 0 aliphatic heterocycles. The minimum absolute atomic E-state index is 0. The van der Waals surface area contributed by atoms with Gasteiger partial charge in [-0.05, 0) is 0 Å². The summed E-state index contributed by atoms with van der Waals surface area (Å²) < 4.78 is 0. The van der Waals surface area contributed by atoms with E-state index in [0.29, 0.717) is 0 Å². The van der Waals surface area contributed by atoms with Crippen LogP contribution in [0, 0.1) is 0 Å². The van der Waals surface area contributed by atoms with Crippen molar-refractivity contribution >= 4 is 10.2 Å². The fourth-order valence-electron chi connectivity index (χ4n) is 1.03. The van der Waals surface area contributed by atoms with Crippen LogP contribution in [0.3, 0.4) is 0 Å². The average Bonchev–Trinajstić information content (AvgIpc) is 1.89. The summed E-state index contributed by atoms with van der Waals surface area (Å²) in [5, 5.41) is 0. The fourth-order valence-corrected chi connectivity index (χ4v) is 1.53. The summed E-state index contributed by atoms with van der Waals surface area (Å²) in [4.78, 5) is 0. The molecule has 0 N–H and O–H groups in total. The molecule has 0 spiro atoms. The predicted octanol–water partition coefficient (Wildman–Crippen LogP) is 2.59. The number of halogens is 3. The molecular formula is C8H23F3Si. The Labute approximate surface area is 76.7 Å². The minimum Gasteiger partial charge on any atom is -0.269 e. The lowest BCUT2D eigenvalue weighted by molar-refractivity contribution is 0.624. The summed E-state index contributed by atoms with van der Waals surface area (Å²) >= 11 is 0. The van der Waals surface area contributed by atoms with E-state index < -0.39 is 0 Å².